The van der Waals surface area contributed by atoms with Crippen molar-refractivity contribution < 1.29 is 18.7 Å². The van der Waals surface area contributed by atoms with Gasteiger partial charge in [0.25, 0.3) is 0 Å². The fourth-order valence-corrected chi connectivity index (χ4v) is 1.53. The van der Waals surface area contributed by atoms with Crippen LogP contribution in [0.2, 0.25) is 0 Å². The van der Waals surface area contributed by atoms with Gasteiger partial charge in [-0.1, -0.05) is 6.07 Å². The Morgan fingerprint density at radius 2 is 2.00 bits per heavy atom. The third kappa shape index (κ3) is 2.22. The first kappa shape index (κ1) is 12.9. The molecule has 19 heavy (non-hydrogen) atoms. The summed E-state index contributed by atoms with van der Waals surface area (Å²) in [7, 11) is 0. The van der Waals surface area contributed by atoms with E-state index in [-0.39, 0.29) is 5.56 Å². The lowest BCUT2D eigenvalue weighted by Crippen LogP contribution is -2.21. The molecule has 1 aromatic heterocycles. The fraction of sp³-hybridized carbons (Fsp3) is 0.0833. The second-order valence-electron chi connectivity index (χ2n) is 3.81. The largest absolute Gasteiger partial charge is 0.476 e. The first-order valence-corrected chi connectivity index (χ1v) is 5.20. The van der Waals surface area contributed by atoms with Gasteiger partial charge in [0, 0.05) is 12.3 Å². The van der Waals surface area contributed by atoms with Crippen molar-refractivity contribution in [2.24, 2.45) is 0 Å². The highest BCUT2D eigenvalue weighted by Crippen LogP contribution is 2.19. The van der Waals surface area contributed by atoms with E-state index in [1.807, 2.05) is 0 Å². The third-order valence-corrected chi connectivity index (χ3v) is 2.50. The summed E-state index contributed by atoms with van der Waals surface area (Å²) < 4.78 is 28.2. The Morgan fingerprint density at radius 3 is 2.63 bits per heavy atom. The summed E-state index contributed by atoms with van der Waals surface area (Å²) >= 11 is 0. The van der Waals surface area contributed by atoms with E-state index in [0.29, 0.717) is 4.68 Å². The molecule has 7 heteroatoms. The van der Waals surface area contributed by atoms with Crippen LogP contribution in [0.4, 0.5) is 8.78 Å². The number of carboxylic acid groups (broad SMARTS) is 1. The molecule has 0 saturated carbocycles. The Balaban J connectivity index is 2.73. The van der Waals surface area contributed by atoms with Crippen molar-refractivity contribution in [3.8, 4) is 5.69 Å². The van der Waals surface area contributed by atoms with Gasteiger partial charge in [-0.3, -0.25) is 4.79 Å². The minimum Gasteiger partial charge on any atom is -0.476 e. The lowest BCUT2D eigenvalue weighted by atomic mass is 10.2. The van der Waals surface area contributed by atoms with Gasteiger partial charge in [0.1, 0.15) is 5.69 Å². The van der Waals surface area contributed by atoms with E-state index in [1.54, 1.807) is 0 Å². The maximum Gasteiger partial charge on any atom is 0.360 e. The topological polar surface area (TPSA) is 72.2 Å². The monoisotopic (exact) mass is 266 g/mol. The summed E-state index contributed by atoms with van der Waals surface area (Å²) in [5.74, 6) is -3.34. The number of halogens is 2. The van der Waals surface area contributed by atoms with E-state index in [4.69, 9.17) is 5.11 Å². The lowest BCUT2D eigenvalue weighted by molar-refractivity contribution is 0.0686. The molecule has 1 N–H and O–H groups in total. The average molecular weight is 266 g/mol. The van der Waals surface area contributed by atoms with E-state index < -0.39 is 34.4 Å². The minimum atomic E-state index is -1.56. The summed E-state index contributed by atoms with van der Waals surface area (Å²) in [5, 5.41) is 12.2. The molecule has 0 aliphatic rings. The summed E-state index contributed by atoms with van der Waals surface area (Å²) in [4.78, 5) is 22.0. The van der Waals surface area contributed by atoms with Crippen molar-refractivity contribution in [3.63, 3.8) is 0 Å². The average Bonchev–Trinajstić information content (AvgIpc) is 2.36. The van der Waals surface area contributed by atoms with E-state index in [9.17, 15) is 18.4 Å². The zero-order valence-electron chi connectivity index (χ0n) is 9.72. The van der Waals surface area contributed by atoms with Crippen LogP contribution in [-0.4, -0.2) is 20.9 Å². The van der Waals surface area contributed by atoms with E-state index in [0.717, 1.165) is 18.3 Å². The highest BCUT2D eigenvalue weighted by molar-refractivity contribution is 5.84. The summed E-state index contributed by atoms with van der Waals surface area (Å²) in [6, 6.07) is 3.17. The van der Waals surface area contributed by atoms with Crippen LogP contribution in [0.1, 0.15) is 16.1 Å². The molecule has 1 aromatic carbocycles. The number of aromatic carboxylic acids is 1. The molecule has 0 radical (unpaired) electrons. The standard InChI is InChI=1S/C12H8F2N2O3/c1-6-2-3-7(13)11(9(6)14)16-5-4-8(17)10(15-16)12(18)19/h2-5H,1H3,(H,18,19). The minimum absolute atomic E-state index is 0.175. The zero-order valence-corrected chi connectivity index (χ0v) is 9.72. The molecule has 0 bridgehead atoms. The summed E-state index contributed by atoms with van der Waals surface area (Å²) in [6.45, 7) is 1.43. The van der Waals surface area contributed by atoms with Gasteiger partial charge in [-0.05, 0) is 18.6 Å². The maximum atomic E-state index is 13.9. The van der Waals surface area contributed by atoms with Gasteiger partial charge in [0.05, 0.1) is 0 Å². The molecule has 0 spiro atoms. The van der Waals surface area contributed by atoms with Crippen molar-refractivity contribution in [2.75, 3.05) is 0 Å². The van der Waals surface area contributed by atoms with Gasteiger partial charge in [-0.25, -0.2) is 18.3 Å². The molecule has 2 aromatic rings. The number of carboxylic acids is 1. The third-order valence-electron chi connectivity index (χ3n) is 2.50. The number of carbonyl (C=O) groups is 1. The number of aryl methyl sites for hydroxylation is 1. The number of nitrogens with zero attached hydrogens (tertiary/aromatic N) is 2. The van der Waals surface area contributed by atoms with Crippen LogP contribution in [0.15, 0.2) is 29.2 Å². The van der Waals surface area contributed by atoms with Crippen molar-refractivity contribution in [1.82, 2.24) is 9.78 Å². The molecule has 98 valence electrons. The zero-order chi connectivity index (χ0) is 14.2. The first-order valence-electron chi connectivity index (χ1n) is 5.20. The molecule has 5 nitrogen and oxygen atoms in total. The maximum absolute atomic E-state index is 13.9. The number of hydrogen-bond donors (Lipinski definition) is 1. The number of benzene rings is 1. The summed E-state index contributed by atoms with van der Waals surface area (Å²) in [5.41, 5.74) is -1.99. The Bertz CT molecular complexity index is 725. The Morgan fingerprint density at radius 1 is 1.32 bits per heavy atom. The first-order chi connectivity index (χ1) is 8.91. The SMILES string of the molecule is Cc1ccc(F)c(-n2ccc(=O)c(C(=O)O)n2)c1F. The number of aromatic nitrogens is 2. The smallest absolute Gasteiger partial charge is 0.360 e. The van der Waals surface area contributed by atoms with Crippen LogP contribution >= 0.6 is 0 Å². The molecule has 0 amide bonds. The second-order valence-corrected chi connectivity index (χ2v) is 3.81. The van der Waals surface area contributed by atoms with Gasteiger partial charge in [-0.2, -0.15) is 5.10 Å². The van der Waals surface area contributed by atoms with Crippen LogP contribution in [0.5, 0.6) is 0 Å². The van der Waals surface area contributed by atoms with Crippen LogP contribution in [0.3, 0.4) is 0 Å². The molecule has 0 aliphatic heterocycles. The van der Waals surface area contributed by atoms with Crippen LogP contribution in [0, 0.1) is 18.6 Å². The van der Waals surface area contributed by atoms with E-state index in [2.05, 4.69) is 5.10 Å². The van der Waals surface area contributed by atoms with E-state index in [1.165, 1.54) is 13.0 Å². The Labute approximate surface area is 105 Å². The van der Waals surface area contributed by atoms with Crippen LogP contribution < -0.4 is 5.43 Å². The molecule has 0 aliphatic carbocycles. The summed E-state index contributed by atoms with van der Waals surface area (Å²) in [6.07, 6.45) is 1.01. The second kappa shape index (κ2) is 4.60. The Kier molecular flexibility index (Phi) is 3.12. The van der Waals surface area contributed by atoms with Gasteiger partial charge in [0.15, 0.2) is 11.6 Å². The highest BCUT2D eigenvalue weighted by Gasteiger charge is 2.17. The quantitative estimate of drug-likeness (QED) is 0.894. The predicted octanol–water partition coefficient (Wildman–Crippen LogP) is 1.52. The highest BCUT2D eigenvalue weighted by atomic mass is 19.1. The normalized spacial score (nSPS) is 10.5. The molecular formula is C12H8F2N2O3. The number of hydrogen-bond acceptors (Lipinski definition) is 3. The molecule has 2 rings (SSSR count). The van der Waals surface area contributed by atoms with Crippen molar-refractivity contribution in [2.45, 2.75) is 6.92 Å². The van der Waals surface area contributed by atoms with E-state index >= 15 is 0 Å². The van der Waals surface area contributed by atoms with Gasteiger partial charge in [-0.15, -0.1) is 0 Å². The number of rotatable bonds is 2. The molecule has 0 fully saturated rings. The molecule has 0 atom stereocenters. The van der Waals surface area contributed by atoms with Gasteiger partial charge in [0.2, 0.25) is 11.1 Å². The lowest BCUT2D eigenvalue weighted by Gasteiger charge is -2.09. The molecule has 1 heterocycles. The molecule has 0 unspecified atom stereocenters. The Hall–Kier alpha value is -2.57. The van der Waals surface area contributed by atoms with Gasteiger partial charge < -0.3 is 5.11 Å². The van der Waals surface area contributed by atoms with Crippen molar-refractivity contribution >= 4 is 5.97 Å². The fourth-order valence-electron chi connectivity index (χ4n) is 1.53. The van der Waals surface area contributed by atoms with Crippen molar-refractivity contribution in [3.05, 3.63) is 57.5 Å². The van der Waals surface area contributed by atoms with Crippen LogP contribution in [0.25, 0.3) is 5.69 Å². The van der Waals surface area contributed by atoms with Crippen LogP contribution in [-0.2, 0) is 0 Å². The molecular weight excluding hydrogens is 258 g/mol. The molecule has 0 saturated heterocycles. The van der Waals surface area contributed by atoms with Gasteiger partial charge >= 0.3 is 5.97 Å². The van der Waals surface area contributed by atoms with Crippen molar-refractivity contribution in [1.29, 1.82) is 0 Å². The predicted molar refractivity (Wildman–Crippen MR) is 61.4 cm³/mol.